The molecule has 0 spiro atoms. The van der Waals surface area contributed by atoms with Crippen LogP contribution in [0.2, 0.25) is 0 Å². The smallest absolute Gasteiger partial charge is 0.339 e. The average Bonchev–Trinajstić information content (AvgIpc) is 2.92. The zero-order chi connectivity index (χ0) is 15.1. The number of fused-ring (bicyclic) bond motifs is 1. The predicted octanol–water partition coefficient (Wildman–Crippen LogP) is 3.85. The van der Waals surface area contributed by atoms with Crippen LogP contribution in [0.25, 0.3) is 0 Å². The predicted molar refractivity (Wildman–Crippen MR) is 78.4 cm³/mol. The Morgan fingerprint density at radius 3 is 2.52 bits per heavy atom. The minimum atomic E-state index is -1.02. The van der Waals surface area contributed by atoms with Gasteiger partial charge in [-0.25, -0.2) is 4.79 Å². The molecule has 2 rings (SSSR count). The largest absolute Gasteiger partial charge is 0.493 e. The Balaban J connectivity index is 1.86. The molecule has 1 aliphatic heterocycles. The number of aromatic carboxylic acids is 1. The third kappa shape index (κ3) is 4.28. The topological polar surface area (TPSA) is 65.0 Å². The van der Waals surface area contributed by atoms with Crippen LogP contribution in [0.4, 0.5) is 0 Å². The first kappa shape index (κ1) is 15.5. The molecule has 0 fully saturated rings. The van der Waals surface area contributed by atoms with Crippen molar-refractivity contribution >= 4 is 5.97 Å². The normalized spacial score (nSPS) is 12.4. The molecule has 0 amide bonds. The molecule has 0 aromatic heterocycles. The van der Waals surface area contributed by atoms with Crippen LogP contribution >= 0.6 is 0 Å². The van der Waals surface area contributed by atoms with E-state index in [4.69, 9.17) is 14.2 Å². The summed E-state index contributed by atoms with van der Waals surface area (Å²) in [4.78, 5) is 11.3. The summed E-state index contributed by atoms with van der Waals surface area (Å²) in [5, 5.41) is 9.22. The fourth-order valence-electron chi connectivity index (χ4n) is 2.27. The van der Waals surface area contributed by atoms with Gasteiger partial charge >= 0.3 is 5.97 Å². The fraction of sp³-hybridized carbons (Fsp3) is 0.562. The van der Waals surface area contributed by atoms with Crippen LogP contribution in [0, 0.1) is 0 Å². The van der Waals surface area contributed by atoms with Gasteiger partial charge < -0.3 is 19.3 Å². The van der Waals surface area contributed by atoms with E-state index in [0.717, 1.165) is 12.8 Å². The van der Waals surface area contributed by atoms with Crippen LogP contribution in [-0.4, -0.2) is 24.5 Å². The molecule has 1 N–H and O–H groups in total. The summed E-state index contributed by atoms with van der Waals surface area (Å²) in [5.41, 5.74) is 0.116. The summed E-state index contributed by atoms with van der Waals surface area (Å²) >= 11 is 0. The van der Waals surface area contributed by atoms with Crippen LogP contribution in [0.1, 0.15) is 55.8 Å². The first-order valence-corrected chi connectivity index (χ1v) is 7.52. The minimum Gasteiger partial charge on any atom is -0.493 e. The Morgan fingerprint density at radius 2 is 1.81 bits per heavy atom. The molecule has 5 nitrogen and oxygen atoms in total. The van der Waals surface area contributed by atoms with Gasteiger partial charge in [-0.2, -0.15) is 0 Å². The van der Waals surface area contributed by atoms with E-state index < -0.39 is 5.97 Å². The highest BCUT2D eigenvalue weighted by Gasteiger charge is 2.21. The molecule has 21 heavy (non-hydrogen) atoms. The molecule has 1 heterocycles. The highest BCUT2D eigenvalue weighted by atomic mass is 16.7. The molecule has 0 aliphatic carbocycles. The summed E-state index contributed by atoms with van der Waals surface area (Å²) in [7, 11) is 0. The van der Waals surface area contributed by atoms with Crippen molar-refractivity contribution in [2.45, 2.75) is 45.4 Å². The van der Waals surface area contributed by atoms with Gasteiger partial charge in [-0.05, 0) is 6.42 Å². The van der Waals surface area contributed by atoms with Crippen LogP contribution in [0.15, 0.2) is 12.1 Å². The van der Waals surface area contributed by atoms with E-state index in [-0.39, 0.29) is 12.4 Å². The SMILES string of the molecule is CCCCCCCCOc1cc2c(cc1C(=O)O)OCO2. The van der Waals surface area contributed by atoms with E-state index >= 15 is 0 Å². The summed E-state index contributed by atoms with van der Waals surface area (Å²) in [6.07, 6.45) is 6.98. The number of benzene rings is 1. The number of carboxylic acid groups (broad SMARTS) is 1. The molecule has 1 aromatic carbocycles. The Labute approximate surface area is 124 Å². The molecule has 0 radical (unpaired) electrons. The molecule has 5 heteroatoms. The molecule has 1 aromatic rings. The first-order chi connectivity index (χ1) is 10.2. The number of hydrogen-bond acceptors (Lipinski definition) is 4. The summed E-state index contributed by atoms with van der Waals surface area (Å²) in [5.74, 6) is 0.323. The highest BCUT2D eigenvalue weighted by Crippen LogP contribution is 2.38. The molecule has 1 aliphatic rings. The Bertz CT molecular complexity index is 484. The van der Waals surface area contributed by atoms with Crippen LogP contribution in [0.5, 0.6) is 17.2 Å². The maximum atomic E-state index is 11.3. The van der Waals surface area contributed by atoms with Crippen molar-refractivity contribution in [3.63, 3.8) is 0 Å². The Hall–Kier alpha value is -1.91. The quantitative estimate of drug-likeness (QED) is 0.701. The van der Waals surface area contributed by atoms with Gasteiger partial charge in [0.25, 0.3) is 0 Å². The van der Waals surface area contributed by atoms with E-state index in [2.05, 4.69) is 6.92 Å². The van der Waals surface area contributed by atoms with E-state index in [0.29, 0.717) is 23.9 Å². The molecule has 0 saturated heterocycles. The van der Waals surface area contributed by atoms with Crippen molar-refractivity contribution in [3.8, 4) is 17.2 Å². The molecule has 0 atom stereocenters. The Kier molecular flexibility index (Phi) is 5.72. The second-order valence-electron chi connectivity index (χ2n) is 5.12. The van der Waals surface area contributed by atoms with E-state index in [9.17, 15) is 9.90 Å². The Morgan fingerprint density at radius 1 is 1.14 bits per heavy atom. The molecule has 116 valence electrons. The molecular weight excluding hydrogens is 272 g/mol. The second kappa shape index (κ2) is 7.76. The lowest BCUT2D eigenvalue weighted by Gasteiger charge is -2.10. The van der Waals surface area contributed by atoms with Gasteiger partial charge in [0.05, 0.1) is 6.61 Å². The third-order valence-electron chi connectivity index (χ3n) is 3.46. The van der Waals surface area contributed by atoms with Crippen LogP contribution in [0.3, 0.4) is 0 Å². The van der Waals surface area contributed by atoms with Crippen molar-refractivity contribution < 1.29 is 24.1 Å². The van der Waals surface area contributed by atoms with Crippen molar-refractivity contribution in [2.75, 3.05) is 13.4 Å². The highest BCUT2D eigenvalue weighted by molar-refractivity contribution is 5.92. The van der Waals surface area contributed by atoms with Crippen molar-refractivity contribution in [2.24, 2.45) is 0 Å². The van der Waals surface area contributed by atoms with Crippen molar-refractivity contribution in [1.29, 1.82) is 0 Å². The number of unbranched alkanes of at least 4 members (excludes halogenated alkanes) is 5. The van der Waals surface area contributed by atoms with Gasteiger partial charge in [-0.1, -0.05) is 39.0 Å². The third-order valence-corrected chi connectivity index (χ3v) is 3.46. The van der Waals surface area contributed by atoms with Gasteiger partial charge in [0.15, 0.2) is 11.5 Å². The number of carbonyl (C=O) groups is 1. The summed E-state index contributed by atoms with van der Waals surface area (Å²) in [6.45, 7) is 2.83. The van der Waals surface area contributed by atoms with Crippen molar-refractivity contribution in [1.82, 2.24) is 0 Å². The van der Waals surface area contributed by atoms with Crippen LogP contribution in [-0.2, 0) is 0 Å². The second-order valence-corrected chi connectivity index (χ2v) is 5.12. The van der Waals surface area contributed by atoms with E-state index in [1.807, 2.05) is 0 Å². The maximum absolute atomic E-state index is 11.3. The van der Waals surface area contributed by atoms with Crippen LogP contribution < -0.4 is 14.2 Å². The molecule has 0 bridgehead atoms. The van der Waals surface area contributed by atoms with Gasteiger partial charge in [0.1, 0.15) is 11.3 Å². The van der Waals surface area contributed by atoms with Crippen molar-refractivity contribution in [3.05, 3.63) is 17.7 Å². The molecule has 0 unspecified atom stereocenters. The molecular formula is C16H22O5. The average molecular weight is 294 g/mol. The number of rotatable bonds is 9. The van der Waals surface area contributed by atoms with E-state index in [1.54, 1.807) is 6.07 Å². The lowest BCUT2D eigenvalue weighted by molar-refractivity contribution is 0.0691. The van der Waals surface area contributed by atoms with Gasteiger partial charge in [-0.15, -0.1) is 0 Å². The summed E-state index contributed by atoms with van der Waals surface area (Å²) < 4.78 is 16.0. The summed E-state index contributed by atoms with van der Waals surface area (Å²) in [6, 6.07) is 3.06. The fourth-order valence-corrected chi connectivity index (χ4v) is 2.27. The van der Waals surface area contributed by atoms with Gasteiger partial charge in [0, 0.05) is 12.1 Å². The van der Waals surface area contributed by atoms with Gasteiger partial charge in [-0.3, -0.25) is 0 Å². The zero-order valence-electron chi connectivity index (χ0n) is 12.4. The lowest BCUT2D eigenvalue weighted by atomic mass is 10.1. The number of ether oxygens (including phenoxy) is 3. The number of carboxylic acids is 1. The zero-order valence-corrected chi connectivity index (χ0v) is 12.4. The standard InChI is InChI=1S/C16H22O5/c1-2-3-4-5-6-7-8-19-13-10-15-14(20-11-21-15)9-12(13)16(17)18/h9-10H,2-8,11H2,1H3,(H,17,18). The first-order valence-electron chi connectivity index (χ1n) is 7.52. The maximum Gasteiger partial charge on any atom is 0.339 e. The number of hydrogen-bond donors (Lipinski definition) is 1. The molecule has 0 saturated carbocycles. The van der Waals surface area contributed by atoms with E-state index in [1.165, 1.54) is 31.7 Å². The van der Waals surface area contributed by atoms with Gasteiger partial charge in [0.2, 0.25) is 6.79 Å². The lowest BCUT2D eigenvalue weighted by Crippen LogP contribution is -2.04. The monoisotopic (exact) mass is 294 g/mol. The minimum absolute atomic E-state index is 0.116.